The Morgan fingerprint density at radius 3 is 2.50 bits per heavy atom. The molecular weight excluding hydrogens is 310 g/mol. The Balaban J connectivity index is 1.76. The highest BCUT2D eigenvalue weighted by atomic mass is 32.2. The fourth-order valence-corrected chi connectivity index (χ4v) is 4.38. The van der Waals surface area contributed by atoms with Crippen LogP contribution in [0, 0.1) is 0 Å². The topological polar surface area (TPSA) is 99.8 Å². The second-order valence-corrected chi connectivity index (χ2v) is 7.64. The molecule has 1 aromatic rings. The molecule has 1 aromatic heterocycles. The van der Waals surface area contributed by atoms with Gasteiger partial charge < -0.3 is 14.6 Å². The summed E-state index contributed by atoms with van der Waals surface area (Å²) in [4.78, 5) is 26.7. The second kappa shape index (κ2) is 5.10. The van der Waals surface area contributed by atoms with Crippen LogP contribution in [0.3, 0.4) is 0 Å². The molecule has 3 rings (SSSR count). The van der Waals surface area contributed by atoms with E-state index in [4.69, 9.17) is 4.74 Å². The van der Waals surface area contributed by atoms with Gasteiger partial charge in [0, 0.05) is 45.2 Å². The Bertz CT molecular complexity index is 749. The molecule has 22 heavy (non-hydrogen) atoms. The third-order valence-corrected chi connectivity index (χ3v) is 6.05. The molecule has 0 unspecified atom stereocenters. The van der Waals surface area contributed by atoms with Crippen molar-refractivity contribution in [2.45, 2.75) is 23.3 Å². The van der Waals surface area contributed by atoms with Crippen LogP contribution in [-0.2, 0) is 14.8 Å². The molecule has 0 atom stereocenters. The molecule has 0 radical (unpaired) electrons. The van der Waals surface area contributed by atoms with Crippen LogP contribution in [0.5, 0.6) is 0 Å². The van der Waals surface area contributed by atoms with Crippen LogP contribution < -0.4 is 5.56 Å². The predicted molar refractivity (Wildman–Crippen MR) is 76.9 cm³/mol. The number of hydrogen-bond donors (Lipinski definition) is 1. The summed E-state index contributed by atoms with van der Waals surface area (Å²) in [6, 6.07) is 2.44. The van der Waals surface area contributed by atoms with Gasteiger partial charge in [-0.2, -0.15) is 4.31 Å². The van der Waals surface area contributed by atoms with Crippen molar-refractivity contribution in [3.63, 3.8) is 0 Å². The van der Waals surface area contributed by atoms with Gasteiger partial charge in [-0.15, -0.1) is 0 Å². The molecule has 2 aliphatic heterocycles. The van der Waals surface area contributed by atoms with E-state index in [9.17, 15) is 18.0 Å². The number of rotatable bonds is 2. The van der Waals surface area contributed by atoms with E-state index in [-0.39, 0.29) is 24.1 Å². The van der Waals surface area contributed by atoms with Crippen LogP contribution in [0.4, 0.5) is 4.79 Å². The number of amides is 1. The highest BCUT2D eigenvalue weighted by Crippen LogP contribution is 2.34. The molecular formula is C13H17N3O5S. The molecule has 0 bridgehead atoms. The van der Waals surface area contributed by atoms with Gasteiger partial charge in [0.2, 0.25) is 15.6 Å². The standard InChI is InChI=1S/C13H17N3O5S/c1-15-9-13(21-12(15)18)3-6-16(7-4-13)22(19,20)10-2-5-14-11(17)8-10/h2,5,8H,3-4,6-7,9H2,1H3,(H,14,17). The van der Waals surface area contributed by atoms with Gasteiger partial charge >= 0.3 is 6.09 Å². The zero-order valence-electron chi connectivity index (χ0n) is 12.1. The number of likely N-dealkylation sites (N-methyl/N-ethyl adjacent to an activating group) is 1. The number of nitrogens with one attached hydrogen (secondary N) is 1. The van der Waals surface area contributed by atoms with E-state index in [1.807, 2.05) is 0 Å². The van der Waals surface area contributed by atoms with Crippen molar-refractivity contribution in [3.05, 3.63) is 28.7 Å². The molecule has 1 spiro atoms. The van der Waals surface area contributed by atoms with Gasteiger partial charge in [0.05, 0.1) is 11.4 Å². The molecule has 120 valence electrons. The summed E-state index contributed by atoms with van der Waals surface area (Å²) in [7, 11) is -2.04. The van der Waals surface area contributed by atoms with E-state index >= 15 is 0 Å². The normalized spacial score (nSPS) is 22.0. The minimum atomic E-state index is -3.70. The van der Waals surface area contributed by atoms with Crippen LogP contribution in [0.2, 0.25) is 0 Å². The SMILES string of the molecule is CN1CC2(CCN(S(=O)(=O)c3cc[nH]c(=O)c3)CC2)OC1=O. The Hall–Kier alpha value is -1.87. The summed E-state index contributed by atoms with van der Waals surface area (Å²) in [5.41, 5.74) is -1.05. The maximum atomic E-state index is 12.5. The third kappa shape index (κ3) is 2.50. The number of carbonyl (C=O) groups excluding carboxylic acids is 1. The number of aromatic nitrogens is 1. The van der Waals surface area contributed by atoms with Gasteiger partial charge in [0.1, 0.15) is 5.60 Å². The maximum absolute atomic E-state index is 12.5. The average molecular weight is 327 g/mol. The quantitative estimate of drug-likeness (QED) is 0.823. The summed E-state index contributed by atoms with van der Waals surface area (Å²) < 4.78 is 31.8. The van der Waals surface area contributed by atoms with Crippen LogP contribution in [0.15, 0.2) is 28.0 Å². The lowest BCUT2D eigenvalue weighted by Crippen LogP contribution is -2.48. The van der Waals surface area contributed by atoms with Gasteiger partial charge in [0.15, 0.2) is 0 Å². The minimum Gasteiger partial charge on any atom is -0.441 e. The molecule has 0 aliphatic carbocycles. The van der Waals surface area contributed by atoms with Gasteiger partial charge in [0.25, 0.3) is 0 Å². The van der Waals surface area contributed by atoms with Crippen molar-refractivity contribution in [2.75, 3.05) is 26.7 Å². The van der Waals surface area contributed by atoms with Crippen molar-refractivity contribution in [1.82, 2.24) is 14.2 Å². The van der Waals surface area contributed by atoms with Crippen LogP contribution in [0.1, 0.15) is 12.8 Å². The zero-order chi connectivity index (χ0) is 16.0. The van der Waals surface area contributed by atoms with Crippen LogP contribution >= 0.6 is 0 Å². The number of pyridine rings is 1. The van der Waals surface area contributed by atoms with Gasteiger partial charge in [-0.05, 0) is 6.07 Å². The van der Waals surface area contributed by atoms with E-state index in [0.29, 0.717) is 19.4 Å². The number of carbonyl (C=O) groups is 1. The van der Waals surface area contributed by atoms with Crippen LogP contribution in [0.25, 0.3) is 0 Å². The fourth-order valence-electron chi connectivity index (χ4n) is 2.92. The van der Waals surface area contributed by atoms with Gasteiger partial charge in [-0.3, -0.25) is 4.79 Å². The van der Waals surface area contributed by atoms with E-state index in [1.165, 1.54) is 21.5 Å². The molecule has 0 saturated carbocycles. The lowest BCUT2D eigenvalue weighted by Gasteiger charge is -2.36. The average Bonchev–Trinajstić information content (AvgIpc) is 2.74. The van der Waals surface area contributed by atoms with Crippen molar-refractivity contribution in [3.8, 4) is 0 Å². The predicted octanol–water partition coefficient (Wildman–Crippen LogP) is -0.0198. The lowest BCUT2D eigenvalue weighted by molar-refractivity contribution is 0.0172. The molecule has 3 heterocycles. The highest BCUT2D eigenvalue weighted by Gasteiger charge is 2.47. The van der Waals surface area contributed by atoms with E-state index in [1.54, 1.807) is 7.05 Å². The maximum Gasteiger partial charge on any atom is 0.410 e. The van der Waals surface area contributed by atoms with Gasteiger partial charge in [-0.25, -0.2) is 13.2 Å². The summed E-state index contributed by atoms with van der Waals surface area (Å²) in [5.74, 6) is 0. The largest absolute Gasteiger partial charge is 0.441 e. The summed E-state index contributed by atoms with van der Waals surface area (Å²) in [6.07, 6.45) is 1.84. The number of aromatic amines is 1. The zero-order valence-corrected chi connectivity index (χ0v) is 12.9. The summed E-state index contributed by atoms with van der Waals surface area (Å²) >= 11 is 0. The number of H-pyrrole nitrogens is 1. The van der Waals surface area contributed by atoms with Gasteiger partial charge in [-0.1, -0.05) is 0 Å². The van der Waals surface area contributed by atoms with Crippen molar-refractivity contribution in [1.29, 1.82) is 0 Å². The number of piperidine rings is 1. The van der Waals surface area contributed by atoms with E-state index in [2.05, 4.69) is 4.98 Å². The summed E-state index contributed by atoms with van der Waals surface area (Å²) in [5, 5.41) is 0. The van der Waals surface area contributed by atoms with Crippen molar-refractivity contribution in [2.24, 2.45) is 0 Å². The smallest absolute Gasteiger partial charge is 0.410 e. The Kier molecular flexibility index (Phi) is 3.48. The third-order valence-electron chi connectivity index (χ3n) is 4.16. The molecule has 2 saturated heterocycles. The lowest BCUT2D eigenvalue weighted by atomic mass is 9.92. The van der Waals surface area contributed by atoms with E-state index < -0.39 is 21.2 Å². The highest BCUT2D eigenvalue weighted by molar-refractivity contribution is 7.89. The molecule has 1 amide bonds. The number of ether oxygens (including phenoxy) is 1. The summed E-state index contributed by atoms with van der Waals surface area (Å²) in [6.45, 7) is 0.997. The fraction of sp³-hybridized carbons (Fsp3) is 0.538. The monoisotopic (exact) mass is 327 g/mol. The number of nitrogens with zero attached hydrogens (tertiary/aromatic N) is 2. The molecule has 0 aromatic carbocycles. The molecule has 1 N–H and O–H groups in total. The molecule has 9 heteroatoms. The Labute approximate surface area is 127 Å². The first-order chi connectivity index (χ1) is 10.3. The van der Waals surface area contributed by atoms with E-state index in [0.717, 1.165) is 6.07 Å². The number of hydrogen-bond acceptors (Lipinski definition) is 5. The van der Waals surface area contributed by atoms with Crippen molar-refractivity contribution >= 4 is 16.1 Å². The first kappa shape index (κ1) is 15.0. The number of sulfonamides is 1. The Morgan fingerprint density at radius 1 is 1.27 bits per heavy atom. The van der Waals surface area contributed by atoms with Crippen molar-refractivity contribution < 1.29 is 17.9 Å². The molecule has 2 fully saturated rings. The first-order valence-corrected chi connectivity index (χ1v) is 8.39. The Morgan fingerprint density at radius 2 is 1.95 bits per heavy atom. The molecule has 2 aliphatic rings. The molecule has 8 nitrogen and oxygen atoms in total. The van der Waals surface area contributed by atoms with Crippen LogP contribution in [-0.4, -0.2) is 61.0 Å². The minimum absolute atomic E-state index is 0.0206. The second-order valence-electron chi connectivity index (χ2n) is 5.70. The first-order valence-electron chi connectivity index (χ1n) is 6.95.